The van der Waals surface area contributed by atoms with E-state index >= 15 is 0 Å². The van der Waals surface area contributed by atoms with Gasteiger partial charge in [0.15, 0.2) is 0 Å². The van der Waals surface area contributed by atoms with E-state index in [4.69, 9.17) is 10.00 Å². The Bertz CT molecular complexity index is 579. The molecule has 0 spiro atoms. The zero-order chi connectivity index (χ0) is 13.0. The summed E-state index contributed by atoms with van der Waals surface area (Å²) in [5.74, 6) is 0.811. The van der Waals surface area contributed by atoms with Crippen molar-refractivity contribution >= 4 is 0 Å². The van der Waals surface area contributed by atoms with Crippen LogP contribution in [0.15, 0.2) is 42.5 Å². The molecule has 0 fully saturated rings. The molecule has 3 heteroatoms. The first-order chi connectivity index (χ1) is 8.67. The molecule has 0 aromatic heterocycles. The maximum absolute atomic E-state index is 9.45. The first-order valence-corrected chi connectivity index (χ1v) is 5.60. The van der Waals surface area contributed by atoms with Crippen LogP contribution < -0.4 is 4.74 Å². The second kappa shape index (κ2) is 5.24. The fraction of sp³-hybridized carbons (Fsp3) is 0.133. The van der Waals surface area contributed by atoms with E-state index in [-0.39, 0.29) is 5.75 Å². The second-order valence-corrected chi connectivity index (χ2v) is 4.11. The Morgan fingerprint density at radius 3 is 2.78 bits per heavy atom. The monoisotopic (exact) mass is 239 g/mol. The number of nitrogens with zero attached hydrogens (tertiary/aromatic N) is 1. The maximum atomic E-state index is 9.45. The lowest BCUT2D eigenvalue weighted by Crippen LogP contribution is -1.96. The molecule has 0 aliphatic heterocycles. The molecule has 2 aromatic rings. The molecular weight excluding hydrogens is 226 g/mol. The van der Waals surface area contributed by atoms with Crippen LogP contribution in [0.1, 0.15) is 16.7 Å². The highest BCUT2D eigenvalue weighted by atomic mass is 16.5. The van der Waals surface area contributed by atoms with Gasteiger partial charge in [0.1, 0.15) is 18.1 Å². The SMILES string of the molecule is Cc1cc(O)cc(OCc2cccc(C#N)c2)c1. The number of ether oxygens (including phenoxy) is 1. The van der Waals surface area contributed by atoms with E-state index in [2.05, 4.69) is 6.07 Å². The van der Waals surface area contributed by atoms with Crippen molar-refractivity contribution < 1.29 is 9.84 Å². The average molecular weight is 239 g/mol. The molecule has 0 radical (unpaired) electrons. The van der Waals surface area contributed by atoms with E-state index in [1.165, 1.54) is 0 Å². The Hall–Kier alpha value is -2.47. The van der Waals surface area contributed by atoms with Crippen molar-refractivity contribution in [1.29, 1.82) is 5.26 Å². The van der Waals surface area contributed by atoms with E-state index in [1.54, 1.807) is 24.3 Å². The molecule has 0 saturated heterocycles. The highest BCUT2D eigenvalue weighted by molar-refractivity contribution is 5.37. The summed E-state index contributed by atoms with van der Waals surface area (Å²) < 4.78 is 5.58. The highest BCUT2D eigenvalue weighted by Gasteiger charge is 2.00. The zero-order valence-electron chi connectivity index (χ0n) is 10.1. The zero-order valence-corrected chi connectivity index (χ0v) is 10.1. The number of aryl methyl sites for hydroxylation is 1. The molecule has 0 bridgehead atoms. The van der Waals surface area contributed by atoms with Crippen LogP contribution in [0.5, 0.6) is 11.5 Å². The van der Waals surface area contributed by atoms with Gasteiger partial charge >= 0.3 is 0 Å². The molecule has 0 atom stereocenters. The Kier molecular flexibility index (Phi) is 3.49. The van der Waals surface area contributed by atoms with Crippen molar-refractivity contribution in [2.75, 3.05) is 0 Å². The largest absolute Gasteiger partial charge is 0.508 e. The molecule has 0 heterocycles. The normalized spacial score (nSPS) is 9.78. The Morgan fingerprint density at radius 2 is 2.06 bits per heavy atom. The summed E-state index contributed by atoms with van der Waals surface area (Å²) in [5, 5.41) is 18.2. The van der Waals surface area contributed by atoms with E-state index in [9.17, 15) is 5.11 Å². The molecular formula is C15H13NO2. The summed E-state index contributed by atoms with van der Waals surface area (Å²) >= 11 is 0. The number of phenolic OH excluding ortho intramolecular Hbond substituents is 1. The summed E-state index contributed by atoms with van der Waals surface area (Å²) in [6.07, 6.45) is 0. The molecule has 0 aliphatic rings. The van der Waals surface area contributed by atoms with E-state index < -0.39 is 0 Å². The molecule has 2 aromatic carbocycles. The minimum Gasteiger partial charge on any atom is -0.508 e. The lowest BCUT2D eigenvalue weighted by Gasteiger charge is -2.08. The summed E-state index contributed by atoms with van der Waals surface area (Å²) in [5.41, 5.74) is 2.48. The topological polar surface area (TPSA) is 53.2 Å². The lowest BCUT2D eigenvalue weighted by atomic mass is 10.1. The second-order valence-electron chi connectivity index (χ2n) is 4.11. The van der Waals surface area contributed by atoms with Crippen molar-refractivity contribution in [3.8, 4) is 17.6 Å². The molecule has 90 valence electrons. The molecule has 1 N–H and O–H groups in total. The third-order valence-corrected chi connectivity index (χ3v) is 2.50. The van der Waals surface area contributed by atoms with Gasteiger partial charge in [-0.15, -0.1) is 0 Å². The van der Waals surface area contributed by atoms with Crippen LogP contribution in [0.3, 0.4) is 0 Å². The third-order valence-electron chi connectivity index (χ3n) is 2.50. The number of hydrogen-bond donors (Lipinski definition) is 1. The third kappa shape index (κ3) is 3.02. The number of phenols is 1. The number of benzene rings is 2. The average Bonchev–Trinajstić information content (AvgIpc) is 2.35. The Balaban J connectivity index is 2.09. The van der Waals surface area contributed by atoms with Gasteiger partial charge in [0.05, 0.1) is 11.6 Å². The number of nitriles is 1. The molecule has 18 heavy (non-hydrogen) atoms. The molecule has 0 amide bonds. The number of aromatic hydroxyl groups is 1. The smallest absolute Gasteiger partial charge is 0.123 e. The lowest BCUT2D eigenvalue weighted by molar-refractivity contribution is 0.304. The molecule has 0 saturated carbocycles. The van der Waals surface area contributed by atoms with Crippen LogP contribution in [0.25, 0.3) is 0 Å². The van der Waals surface area contributed by atoms with Crippen LogP contribution >= 0.6 is 0 Å². The molecule has 0 aliphatic carbocycles. The van der Waals surface area contributed by atoms with Gasteiger partial charge < -0.3 is 9.84 Å². The van der Waals surface area contributed by atoms with Gasteiger partial charge in [0.25, 0.3) is 0 Å². The summed E-state index contributed by atoms with van der Waals surface area (Å²) in [7, 11) is 0. The Labute approximate surface area is 106 Å². The molecule has 3 nitrogen and oxygen atoms in total. The molecule has 0 unspecified atom stereocenters. The van der Waals surface area contributed by atoms with Gasteiger partial charge in [-0.2, -0.15) is 5.26 Å². The fourth-order valence-electron chi connectivity index (χ4n) is 1.71. The Morgan fingerprint density at radius 1 is 1.22 bits per heavy atom. The van der Waals surface area contributed by atoms with Crippen molar-refractivity contribution in [3.05, 3.63) is 59.2 Å². The summed E-state index contributed by atoms with van der Waals surface area (Å²) in [6.45, 7) is 2.27. The van der Waals surface area contributed by atoms with E-state index in [0.29, 0.717) is 17.9 Å². The van der Waals surface area contributed by atoms with Crippen LogP contribution in [-0.4, -0.2) is 5.11 Å². The van der Waals surface area contributed by atoms with Crippen molar-refractivity contribution in [3.63, 3.8) is 0 Å². The van der Waals surface area contributed by atoms with Gasteiger partial charge in [0.2, 0.25) is 0 Å². The minimum atomic E-state index is 0.191. The quantitative estimate of drug-likeness (QED) is 0.895. The first-order valence-electron chi connectivity index (χ1n) is 5.60. The van der Waals surface area contributed by atoms with Gasteiger partial charge in [-0.25, -0.2) is 0 Å². The fourth-order valence-corrected chi connectivity index (χ4v) is 1.71. The van der Waals surface area contributed by atoms with Crippen LogP contribution in [0.2, 0.25) is 0 Å². The highest BCUT2D eigenvalue weighted by Crippen LogP contribution is 2.22. The summed E-state index contributed by atoms with van der Waals surface area (Å²) in [4.78, 5) is 0. The standard InChI is InChI=1S/C15H13NO2/c1-11-5-14(17)8-15(6-11)18-10-13-4-2-3-12(7-13)9-16/h2-8,17H,10H2,1H3. The van der Waals surface area contributed by atoms with E-state index in [0.717, 1.165) is 11.1 Å². The van der Waals surface area contributed by atoms with Crippen molar-refractivity contribution in [1.82, 2.24) is 0 Å². The summed E-state index contributed by atoms with van der Waals surface area (Å²) in [6, 6.07) is 14.4. The maximum Gasteiger partial charge on any atom is 0.123 e. The van der Waals surface area contributed by atoms with Crippen molar-refractivity contribution in [2.45, 2.75) is 13.5 Å². The van der Waals surface area contributed by atoms with Crippen LogP contribution in [0.4, 0.5) is 0 Å². The van der Waals surface area contributed by atoms with Gasteiger partial charge in [-0.05, 0) is 42.3 Å². The van der Waals surface area contributed by atoms with E-state index in [1.807, 2.05) is 25.1 Å². The van der Waals surface area contributed by atoms with Gasteiger partial charge in [-0.3, -0.25) is 0 Å². The van der Waals surface area contributed by atoms with Crippen LogP contribution in [0, 0.1) is 18.3 Å². The molecule has 2 rings (SSSR count). The number of rotatable bonds is 3. The predicted molar refractivity (Wildman–Crippen MR) is 68.3 cm³/mol. The predicted octanol–water partition coefficient (Wildman–Crippen LogP) is 3.15. The van der Waals surface area contributed by atoms with Crippen molar-refractivity contribution in [2.24, 2.45) is 0 Å². The van der Waals surface area contributed by atoms with Gasteiger partial charge in [-0.1, -0.05) is 12.1 Å². The first kappa shape index (κ1) is 12.0. The number of hydrogen-bond acceptors (Lipinski definition) is 3. The van der Waals surface area contributed by atoms with Gasteiger partial charge in [0, 0.05) is 6.07 Å². The van der Waals surface area contributed by atoms with Crippen LogP contribution in [-0.2, 0) is 6.61 Å². The minimum absolute atomic E-state index is 0.191.